The Morgan fingerprint density at radius 3 is 2.60 bits per heavy atom. The van der Waals surface area contributed by atoms with Crippen molar-refractivity contribution in [2.75, 3.05) is 0 Å². The Hall–Kier alpha value is -2.43. The van der Waals surface area contributed by atoms with Gasteiger partial charge in [0.25, 0.3) is 0 Å². The second kappa shape index (κ2) is 7.64. The van der Waals surface area contributed by atoms with Gasteiger partial charge < -0.3 is 0 Å². The Kier molecular flexibility index (Phi) is 5.31. The molecule has 1 atom stereocenters. The molecule has 1 aromatic heterocycles. The maximum atomic E-state index is 13.2. The van der Waals surface area contributed by atoms with Crippen molar-refractivity contribution in [3.63, 3.8) is 0 Å². The summed E-state index contributed by atoms with van der Waals surface area (Å²) in [5, 5.41) is 8.82. The van der Waals surface area contributed by atoms with E-state index < -0.39 is 5.92 Å². The van der Waals surface area contributed by atoms with Gasteiger partial charge in [0.05, 0.1) is 27.8 Å². The number of Topliss-reactive ketones (excluding diaryl/α,β-unsaturated/α-hetero) is 1. The average molecular weight is 372 g/mol. The summed E-state index contributed by atoms with van der Waals surface area (Å²) < 4.78 is 1.54. The molecule has 0 saturated carbocycles. The van der Waals surface area contributed by atoms with Gasteiger partial charge in [0.2, 0.25) is 0 Å². The number of allylic oxidation sites excluding steroid dienone is 1. The van der Waals surface area contributed by atoms with Crippen molar-refractivity contribution in [2.45, 2.75) is 12.3 Å². The zero-order chi connectivity index (χ0) is 17.8. The molecule has 1 unspecified atom stereocenters. The Bertz CT molecular complexity index is 906. The van der Waals surface area contributed by atoms with Crippen molar-refractivity contribution in [2.24, 2.45) is 0 Å². The first-order chi connectivity index (χ1) is 12.1. The summed E-state index contributed by atoms with van der Waals surface area (Å²) >= 11 is 12.1. The van der Waals surface area contributed by atoms with Crippen LogP contribution in [0.25, 0.3) is 5.69 Å². The van der Waals surface area contributed by atoms with Crippen molar-refractivity contribution >= 4 is 29.0 Å². The van der Waals surface area contributed by atoms with Crippen LogP contribution >= 0.6 is 23.2 Å². The van der Waals surface area contributed by atoms with E-state index in [2.05, 4.69) is 16.9 Å². The molecular formula is C19H15Cl2N3O. The molecule has 3 rings (SSSR count). The first-order valence-corrected chi connectivity index (χ1v) is 8.43. The van der Waals surface area contributed by atoms with Crippen LogP contribution in [0.2, 0.25) is 10.0 Å². The molecule has 0 aliphatic heterocycles. The highest BCUT2D eigenvalue weighted by Gasteiger charge is 2.25. The van der Waals surface area contributed by atoms with Crippen LogP contribution in [0.4, 0.5) is 0 Å². The summed E-state index contributed by atoms with van der Waals surface area (Å²) in [5.74, 6) is -0.541. The summed E-state index contributed by atoms with van der Waals surface area (Å²) in [6.07, 6.45) is 3.65. The molecule has 0 amide bonds. The Morgan fingerprint density at radius 2 is 1.92 bits per heavy atom. The Balaban J connectivity index is 2.01. The highest BCUT2D eigenvalue weighted by molar-refractivity contribution is 6.42. The van der Waals surface area contributed by atoms with Crippen LogP contribution in [0.15, 0.2) is 67.4 Å². The number of aromatic nitrogens is 3. The zero-order valence-corrected chi connectivity index (χ0v) is 14.8. The number of hydrogen-bond acceptors (Lipinski definition) is 3. The fourth-order valence-corrected chi connectivity index (χ4v) is 2.94. The summed E-state index contributed by atoms with van der Waals surface area (Å²) in [4.78, 5) is 13.2. The minimum Gasteiger partial charge on any atom is -0.292 e. The lowest BCUT2D eigenvalue weighted by Crippen LogP contribution is -2.17. The molecule has 0 aliphatic carbocycles. The van der Waals surface area contributed by atoms with Crippen molar-refractivity contribution in [1.29, 1.82) is 0 Å². The molecule has 4 nitrogen and oxygen atoms in total. The minimum absolute atomic E-state index is 0.104. The SMILES string of the molecule is C=CCC(C(=O)c1cnnn1-c1ccccc1)c1ccc(Cl)c(Cl)c1. The second-order valence-corrected chi connectivity index (χ2v) is 6.30. The van der Waals surface area contributed by atoms with Gasteiger partial charge in [-0.25, -0.2) is 4.68 Å². The number of para-hydroxylation sites is 1. The van der Waals surface area contributed by atoms with E-state index >= 15 is 0 Å². The lowest BCUT2D eigenvalue weighted by atomic mass is 9.90. The lowest BCUT2D eigenvalue weighted by Gasteiger charge is -2.16. The second-order valence-electron chi connectivity index (χ2n) is 5.48. The molecule has 25 heavy (non-hydrogen) atoms. The highest BCUT2D eigenvalue weighted by Crippen LogP contribution is 2.30. The molecule has 126 valence electrons. The monoisotopic (exact) mass is 371 g/mol. The fourth-order valence-electron chi connectivity index (χ4n) is 2.63. The Labute approximate surface area is 155 Å². The molecule has 0 fully saturated rings. The van der Waals surface area contributed by atoms with Gasteiger partial charge in [-0.2, -0.15) is 0 Å². The number of carbonyl (C=O) groups is 1. The lowest BCUT2D eigenvalue weighted by molar-refractivity contribution is 0.0952. The van der Waals surface area contributed by atoms with E-state index in [1.165, 1.54) is 10.9 Å². The van der Waals surface area contributed by atoms with Gasteiger partial charge in [0, 0.05) is 0 Å². The van der Waals surface area contributed by atoms with E-state index in [-0.39, 0.29) is 5.78 Å². The predicted molar refractivity (Wildman–Crippen MR) is 99.7 cm³/mol. The van der Waals surface area contributed by atoms with Gasteiger partial charge in [0.15, 0.2) is 5.78 Å². The van der Waals surface area contributed by atoms with Gasteiger partial charge in [-0.05, 0) is 36.2 Å². The highest BCUT2D eigenvalue weighted by atomic mass is 35.5. The number of benzene rings is 2. The van der Waals surface area contributed by atoms with E-state index in [0.717, 1.165) is 11.3 Å². The molecule has 3 aromatic rings. The molecule has 0 bridgehead atoms. The normalized spacial score (nSPS) is 11.9. The maximum Gasteiger partial charge on any atom is 0.190 e. The van der Waals surface area contributed by atoms with Crippen LogP contribution in [-0.2, 0) is 0 Å². The van der Waals surface area contributed by atoms with Crippen LogP contribution in [-0.4, -0.2) is 20.8 Å². The van der Waals surface area contributed by atoms with Crippen molar-refractivity contribution < 1.29 is 4.79 Å². The van der Waals surface area contributed by atoms with E-state index in [1.807, 2.05) is 30.3 Å². The minimum atomic E-state index is -0.437. The van der Waals surface area contributed by atoms with E-state index in [1.54, 1.807) is 24.3 Å². The smallest absolute Gasteiger partial charge is 0.190 e. The predicted octanol–water partition coefficient (Wildman–Crippen LogP) is 5.12. The number of halogens is 2. The van der Waals surface area contributed by atoms with Gasteiger partial charge in [-0.3, -0.25) is 4.79 Å². The molecule has 0 radical (unpaired) electrons. The molecule has 0 spiro atoms. The van der Waals surface area contributed by atoms with Crippen molar-refractivity contribution in [3.05, 3.63) is 88.7 Å². The quantitative estimate of drug-likeness (QED) is 0.446. The number of nitrogens with zero attached hydrogens (tertiary/aromatic N) is 3. The van der Waals surface area contributed by atoms with Crippen LogP contribution < -0.4 is 0 Å². The molecule has 0 saturated heterocycles. The number of ketones is 1. The topological polar surface area (TPSA) is 47.8 Å². The van der Waals surface area contributed by atoms with Crippen LogP contribution in [0.5, 0.6) is 0 Å². The molecule has 6 heteroatoms. The fraction of sp³-hybridized carbons (Fsp3) is 0.105. The first kappa shape index (κ1) is 17.4. The molecule has 0 N–H and O–H groups in total. The van der Waals surface area contributed by atoms with E-state index in [9.17, 15) is 4.79 Å². The third-order valence-electron chi connectivity index (χ3n) is 3.87. The zero-order valence-electron chi connectivity index (χ0n) is 13.3. The van der Waals surface area contributed by atoms with Crippen LogP contribution in [0.3, 0.4) is 0 Å². The third-order valence-corrected chi connectivity index (χ3v) is 4.61. The number of rotatable bonds is 6. The van der Waals surface area contributed by atoms with Gasteiger partial charge >= 0.3 is 0 Å². The molecule has 1 heterocycles. The summed E-state index contributed by atoms with van der Waals surface area (Å²) in [5.41, 5.74) is 1.96. The van der Waals surface area contributed by atoms with Gasteiger partial charge in [0.1, 0.15) is 5.69 Å². The molecule has 0 aliphatic rings. The first-order valence-electron chi connectivity index (χ1n) is 7.68. The summed E-state index contributed by atoms with van der Waals surface area (Å²) in [6, 6.07) is 14.6. The van der Waals surface area contributed by atoms with Crippen LogP contribution in [0.1, 0.15) is 28.4 Å². The maximum absolute atomic E-state index is 13.2. The van der Waals surface area contributed by atoms with Gasteiger partial charge in [-0.1, -0.05) is 58.8 Å². The number of carbonyl (C=O) groups excluding carboxylic acids is 1. The molecular weight excluding hydrogens is 357 g/mol. The molecule has 2 aromatic carbocycles. The Morgan fingerprint density at radius 1 is 1.16 bits per heavy atom. The van der Waals surface area contributed by atoms with Crippen molar-refractivity contribution in [1.82, 2.24) is 15.0 Å². The third kappa shape index (κ3) is 3.65. The van der Waals surface area contributed by atoms with Crippen molar-refractivity contribution in [3.8, 4) is 5.69 Å². The van der Waals surface area contributed by atoms with Gasteiger partial charge in [-0.15, -0.1) is 11.7 Å². The van der Waals surface area contributed by atoms with E-state index in [0.29, 0.717) is 22.2 Å². The van der Waals surface area contributed by atoms with E-state index in [4.69, 9.17) is 23.2 Å². The average Bonchev–Trinajstić information content (AvgIpc) is 3.12. The number of hydrogen-bond donors (Lipinski definition) is 0. The summed E-state index contributed by atoms with van der Waals surface area (Å²) in [7, 11) is 0. The standard InChI is InChI=1S/C19H15Cl2N3O/c1-2-6-15(13-9-10-16(20)17(21)11-13)19(25)18-12-22-23-24(18)14-7-4-3-5-8-14/h2-5,7-12,15H,1,6H2. The summed E-state index contributed by atoms with van der Waals surface area (Å²) in [6.45, 7) is 3.76. The van der Waals surface area contributed by atoms with Crippen LogP contribution in [0, 0.1) is 0 Å². The largest absolute Gasteiger partial charge is 0.292 e.